The third-order valence-corrected chi connectivity index (χ3v) is 25.0. The number of likely N-dealkylation sites (N-methyl/N-ethyl adjacent to an activating group) is 1. The van der Waals surface area contributed by atoms with Gasteiger partial charge in [0.25, 0.3) is 10.1 Å². The van der Waals surface area contributed by atoms with Crippen molar-refractivity contribution in [3.8, 4) is 0 Å². The fraction of sp³-hybridized carbons (Fsp3) is 0.396. The van der Waals surface area contributed by atoms with Gasteiger partial charge in [-0.25, -0.2) is 5.26 Å². The van der Waals surface area contributed by atoms with Gasteiger partial charge in [-0.2, -0.15) is 13.0 Å². The minimum Gasteiger partial charge on any atom is -0.282 e. The Balaban J connectivity index is 0.979. The maximum atomic E-state index is 12.8. The van der Waals surface area contributed by atoms with E-state index < -0.39 is 73.9 Å². The predicted octanol–water partition coefficient (Wildman–Crippen LogP) is 7.22. The molecule has 4 aromatic rings. The van der Waals surface area contributed by atoms with Gasteiger partial charge in [0.15, 0.2) is 5.71 Å². The molecule has 3 aliphatic rings. The monoisotopic (exact) mass is 1200 g/mol. The summed E-state index contributed by atoms with van der Waals surface area (Å²) in [6.45, 7) is 4.40. The molecule has 0 saturated carbocycles. The zero-order chi connectivity index (χ0) is 57.5. The zero-order valence-electron chi connectivity index (χ0n) is 43.1. The number of anilines is 1. The van der Waals surface area contributed by atoms with Gasteiger partial charge in [0.05, 0.1) is 24.1 Å². The molecule has 7 rings (SSSR count). The SMILES string of the molecule is CCN1/C(=C/C=C/C=C/C2=[N+](CCCCCCON/C=C/c3cn(C4CC(O)C(COP(OO)(OOO)([P+](=O)[O-])[P+](=O)[O-])O4)c(=O)[nH]c3=O)c3ccc4c(S(=O)(=O)O)cccc4c3C2(C)C)C(C)(C)c2cc(SOOO)ccc21. The number of benzene rings is 3. The van der Waals surface area contributed by atoms with Crippen LogP contribution >= 0.6 is 34.1 Å². The molecule has 0 amide bonds. The van der Waals surface area contributed by atoms with Crippen molar-refractivity contribution in [2.75, 3.05) is 31.2 Å². The van der Waals surface area contributed by atoms with Crippen LogP contribution in [0.3, 0.4) is 0 Å². The van der Waals surface area contributed by atoms with E-state index in [2.05, 4.69) is 90.5 Å². The summed E-state index contributed by atoms with van der Waals surface area (Å²) in [5.74, 6) is 0. The number of aliphatic hydroxyl groups excluding tert-OH is 1. The number of ether oxygens (including phenoxy) is 1. The minimum absolute atomic E-state index is 0.0640. The molecule has 1 aromatic heterocycles. The molecule has 5 unspecified atom stereocenters. The maximum absolute atomic E-state index is 12.8. The number of aromatic nitrogens is 2. The number of nitrogens with zero attached hydrogens (tertiary/aromatic N) is 3. The Kier molecular flexibility index (Phi) is 20.0. The molecule has 4 heterocycles. The Morgan fingerprint density at radius 2 is 1.71 bits per heavy atom. The first kappa shape index (κ1) is 61.8. The molecule has 1 fully saturated rings. The van der Waals surface area contributed by atoms with Crippen molar-refractivity contribution in [2.24, 2.45) is 0 Å². The molecule has 7 N–H and O–H groups in total. The number of H-pyrrole nitrogens is 1. The van der Waals surface area contributed by atoms with E-state index in [1.807, 2.05) is 48.6 Å². The van der Waals surface area contributed by atoms with Crippen molar-refractivity contribution in [1.29, 1.82) is 0 Å². The van der Waals surface area contributed by atoms with Crippen molar-refractivity contribution in [1.82, 2.24) is 15.0 Å². The van der Waals surface area contributed by atoms with Crippen LogP contribution in [-0.4, -0.2) is 92.2 Å². The summed E-state index contributed by atoms with van der Waals surface area (Å²) >= 11 is 0.908. The summed E-state index contributed by atoms with van der Waals surface area (Å²) in [7, 11) is -13.5. The number of aliphatic hydroxyl groups is 1. The van der Waals surface area contributed by atoms with E-state index in [0.29, 0.717) is 23.7 Å². The standard InChI is InChI=1S/C48H58N5O21P3S2/c1-6-51-36-21-19-32(78-74-71-58)27-35(36)47(2,3)41(51)17-10-9-11-18-42-48(4,5)44-34-15-14-16-40(79(64,65)66)33(34)20-22-37(44)52(42)25-12-7-8-13-26-67-49-24-23-31-29-53(46(56)50-45(31)55)43-28-38(54)39(69-43)30-68-77(72-59,73-70-57,75(60)61)76(62)63/h9-11,14-24,27,29,38-39,43,49,54H,6-8,12-13,25-26,28,30H2,1-5H3,(H4-,50,55,56,57,58,59,64,65,66)/p+1/b24-23+. The smallest absolute Gasteiger partial charge is 0.282 e. The molecular weight excluding hydrogens is 1140 g/mol. The van der Waals surface area contributed by atoms with Crippen LogP contribution in [0.5, 0.6) is 0 Å². The van der Waals surface area contributed by atoms with Gasteiger partial charge >= 0.3 is 176 Å². The van der Waals surface area contributed by atoms with Gasteiger partial charge in [0.2, 0.25) is 5.69 Å². The van der Waals surface area contributed by atoms with Crippen LogP contribution in [0.4, 0.5) is 11.4 Å². The van der Waals surface area contributed by atoms with Crippen LogP contribution in [0.25, 0.3) is 16.8 Å². The fourth-order valence-corrected chi connectivity index (χ4v) is 15.5. The number of hydrogen-bond donors (Lipinski definition) is 7. The zero-order valence-corrected chi connectivity index (χ0v) is 47.4. The largest absolute Gasteiger partial charge is 0.295 e. The number of fused-ring (bicyclic) bond motifs is 4. The quantitative estimate of drug-likeness (QED) is 0.00453. The summed E-state index contributed by atoms with van der Waals surface area (Å²) in [5.41, 5.74) is 5.96. The van der Waals surface area contributed by atoms with E-state index in [1.54, 1.807) is 12.1 Å². The van der Waals surface area contributed by atoms with Crippen molar-refractivity contribution >= 4 is 78.2 Å². The second-order valence-corrected chi connectivity index (χ2v) is 31.6. The molecule has 3 aromatic carbocycles. The van der Waals surface area contributed by atoms with Gasteiger partial charge in [-0.1, -0.05) is 55.7 Å². The average molecular weight is 1200 g/mol. The second kappa shape index (κ2) is 25.5. The van der Waals surface area contributed by atoms with Crippen molar-refractivity contribution in [3.05, 3.63) is 135 Å². The topological polar surface area (TPSA) is 363 Å². The van der Waals surface area contributed by atoms with E-state index in [4.69, 9.17) is 24.6 Å². The van der Waals surface area contributed by atoms with Crippen molar-refractivity contribution < 1.29 is 95.2 Å². The van der Waals surface area contributed by atoms with E-state index in [9.17, 15) is 51.8 Å². The number of aromatic amines is 1. The van der Waals surface area contributed by atoms with Gasteiger partial charge in [-0.15, -0.1) is 4.33 Å². The number of rotatable bonds is 27. The second-order valence-electron chi connectivity index (χ2n) is 19.2. The maximum Gasteiger partial charge on any atom is 0.295 e. The fourth-order valence-electron chi connectivity index (χ4n) is 10.0. The summed E-state index contributed by atoms with van der Waals surface area (Å²) in [4.78, 5) is 59.8. The van der Waals surface area contributed by atoms with E-state index in [-0.39, 0.29) is 28.9 Å². The van der Waals surface area contributed by atoms with Crippen LogP contribution in [-0.2, 0) is 67.9 Å². The Morgan fingerprint density at radius 1 is 0.962 bits per heavy atom. The van der Waals surface area contributed by atoms with Crippen LogP contribution in [0.1, 0.15) is 89.6 Å². The normalized spacial score (nSPS) is 20.5. The molecule has 31 heteroatoms. The van der Waals surface area contributed by atoms with E-state index in [1.165, 1.54) is 18.3 Å². The molecule has 5 atom stereocenters. The molecule has 0 spiro atoms. The first-order valence-electron chi connectivity index (χ1n) is 24.4. The van der Waals surface area contributed by atoms with Crippen molar-refractivity contribution in [3.63, 3.8) is 0 Å². The third kappa shape index (κ3) is 12.5. The van der Waals surface area contributed by atoms with Gasteiger partial charge in [-0.05, 0) is 81.0 Å². The van der Waals surface area contributed by atoms with Gasteiger partial charge in [0, 0.05) is 57.8 Å². The molecule has 26 nitrogen and oxygen atoms in total. The average Bonchev–Trinajstić information content (AvgIpc) is 4.22. The first-order chi connectivity index (χ1) is 37.5. The Morgan fingerprint density at radius 3 is 2.39 bits per heavy atom. The Labute approximate surface area is 458 Å². The van der Waals surface area contributed by atoms with E-state index >= 15 is 0 Å². The summed E-state index contributed by atoms with van der Waals surface area (Å²) in [5, 5.41) is 45.4. The van der Waals surface area contributed by atoms with Gasteiger partial charge in [-0.3, -0.25) is 4.55 Å². The number of unbranched alkanes of at least 4 members (excludes halogenated alkanes) is 3. The minimum atomic E-state index is -6.67. The molecular formula is C48H59N5O21P3S2+. The van der Waals surface area contributed by atoms with Crippen LogP contribution in [0.2, 0.25) is 0 Å². The Bertz CT molecular complexity index is 3350. The van der Waals surface area contributed by atoms with Crippen molar-refractivity contribution in [2.45, 2.75) is 106 Å². The molecule has 3 aliphatic heterocycles. The van der Waals surface area contributed by atoms with Crippen LogP contribution in [0.15, 0.2) is 116 Å². The van der Waals surface area contributed by atoms with Gasteiger partial charge < -0.3 is 4.90 Å². The Hall–Kier alpha value is -4.84. The molecule has 1 saturated heterocycles. The molecule has 0 aliphatic carbocycles. The molecule has 0 radical (unpaired) electrons. The number of hydroxylamine groups is 1. The molecule has 0 bridgehead atoms. The summed E-state index contributed by atoms with van der Waals surface area (Å²) < 4.78 is 84.8. The number of hydrogen-bond acceptors (Lipinski definition) is 23. The van der Waals surface area contributed by atoms with Crippen LogP contribution in [0, 0.1) is 0 Å². The summed E-state index contributed by atoms with van der Waals surface area (Å²) in [6.07, 6.45) is 12.1. The number of nitrogens with one attached hydrogen (secondary N) is 2. The predicted molar refractivity (Wildman–Crippen MR) is 285 cm³/mol. The first-order valence-corrected chi connectivity index (χ1v) is 32.3. The van der Waals surface area contributed by atoms with E-state index in [0.717, 1.165) is 87.4 Å². The summed E-state index contributed by atoms with van der Waals surface area (Å²) in [6, 6.07) is 14.4. The van der Waals surface area contributed by atoms with Gasteiger partial charge in [0.1, 0.15) is 11.4 Å². The number of allylic oxidation sites excluding steroid dienone is 6. The molecule has 428 valence electrons. The van der Waals surface area contributed by atoms with Crippen LogP contribution < -0.4 is 31.4 Å². The third-order valence-electron chi connectivity index (χ3n) is 13.8. The molecule has 79 heavy (non-hydrogen) atoms.